The van der Waals surface area contributed by atoms with Crippen molar-refractivity contribution < 1.29 is 14.3 Å². The number of unbranched alkanes of at least 4 members (excludes halogenated alkanes) is 1. The maximum absolute atomic E-state index is 11.6. The van der Waals surface area contributed by atoms with Crippen LogP contribution >= 0.6 is 11.8 Å². The Hall–Kier alpha value is -0.850. The van der Waals surface area contributed by atoms with Crippen molar-refractivity contribution in [3.05, 3.63) is 12.2 Å². The molecule has 0 spiro atoms. The van der Waals surface area contributed by atoms with Crippen LogP contribution in [-0.4, -0.2) is 61.4 Å². The van der Waals surface area contributed by atoms with Gasteiger partial charge in [0.05, 0.1) is 19.2 Å². The van der Waals surface area contributed by atoms with Crippen LogP contribution in [0, 0.1) is 0 Å². The van der Waals surface area contributed by atoms with E-state index in [9.17, 15) is 9.59 Å². The van der Waals surface area contributed by atoms with E-state index >= 15 is 0 Å². The van der Waals surface area contributed by atoms with Crippen LogP contribution in [0.15, 0.2) is 12.2 Å². The van der Waals surface area contributed by atoms with Crippen molar-refractivity contribution in [3.8, 4) is 0 Å². The molecular formula is C15H28N2O3S. The number of hydrogen-bond donors (Lipinski definition) is 1. The van der Waals surface area contributed by atoms with E-state index in [1.54, 1.807) is 22.7 Å². The van der Waals surface area contributed by atoms with Gasteiger partial charge in [0.1, 0.15) is 0 Å². The lowest BCUT2D eigenvalue weighted by Crippen LogP contribution is -2.31. The highest BCUT2D eigenvalue weighted by atomic mass is 32.2. The molecule has 0 aliphatic carbocycles. The standard InChI is InChI=1S/C15H28N2O3S/c1-4-5-6-8-14(18)13(16)12-21-10-7-9-20-15(19)11-17(2)3/h6,8,13H,4-5,7,9-12,16H2,1-3H3/b8-6-. The molecular weight excluding hydrogens is 288 g/mol. The van der Waals surface area contributed by atoms with Gasteiger partial charge in [0.15, 0.2) is 5.78 Å². The number of likely N-dealkylation sites (N-methyl/N-ethyl adjacent to an activating group) is 1. The SMILES string of the molecule is CCC/C=C\C(=O)C(N)CSCCCOC(=O)CN(C)C. The monoisotopic (exact) mass is 316 g/mol. The van der Waals surface area contributed by atoms with Gasteiger partial charge >= 0.3 is 5.97 Å². The molecule has 0 amide bonds. The molecule has 0 bridgehead atoms. The number of nitrogens with zero attached hydrogens (tertiary/aromatic N) is 1. The van der Waals surface area contributed by atoms with E-state index in [1.165, 1.54) is 0 Å². The number of carbonyl (C=O) groups excluding carboxylic acids is 2. The quantitative estimate of drug-likeness (QED) is 0.334. The van der Waals surface area contributed by atoms with Gasteiger partial charge in [0.2, 0.25) is 0 Å². The first-order valence-corrected chi connectivity index (χ1v) is 8.46. The predicted molar refractivity (Wildman–Crippen MR) is 88.5 cm³/mol. The summed E-state index contributed by atoms with van der Waals surface area (Å²) in [5.41, 5.74) is 5.80. The average molecular weight is 316 g/mol. The molecule has 0 aromatic heterocycles. The van der Waals surface area contributed by atoms with Crippen LogP contribution in [0.4, 0.5) is 0 Å². The van der Waals surface area contributed by atoms with E-state index in [2.05, 4.69) is 6.92 Å². The molecule has 6 heteroatoms. The fourth-order valence-electron chi connectivity index (χ4n) is 1.43. The Labute approximate surface area is 132 Å². The van der Waals surface area contributed by atoms with Crippen LogP contribution in [-0.2, 0) is 14.3 Å². The first-order chi connectivity index (χ1) is 9.97. The normalized spacial score (nSPS) is 12.8. The van der Waals surface area contributed by atoms with Gasteiger partial charge in [-0.1, -0.05) is 19.4 Å². The summed E-state index contributed by atoms with van der Waals surface area (Å²) in [7, 11) is 3.65. The zero-order valence-electron chi connectivity index (χ0n) is 13.3. The second kappa shape index (κ2) is 12.9. The van der Waals surface area contributed by atoms with Crippen LogP contribution in [0.5, 0.6) is 0 Å². The second-order valence-corrected chi connectivity index (χ2v) is 6.24. The van der Waals surface area contributed by atoms with Crippen molar-refractivity contribution in [2.24, 2.45) is 5.73 Å². The van der Waals surface area contributed by atoms with Crippen molar-refractivity contribution >= 4 is 23.5 Å². The van der Waals surface area contributed by atoms with Crippen LogP contribution in [0.1, 0.15) is 26.2 Å². The van der Waals surface area contributed by atoms with E-state index in [1.807, 2.05) is 20.2 Å². The number of nitrogens with two attached hydrogens (primary N) is 1. The van der Waals surface area contributed by atoms with Gasteiger partial charge in [0, 0.05) is 5.75 Å². The van der Waals surface area contributed by atoms with E-state index in [0.717, 1.165) is 25.0 Å². The molecule has 0 saturated heterocycles. The maximum atomic E-state index is 11.6. The van der Waals surface area contributed by atoms with Gasteiger partial charge in [-0.15, -0.1) is 0 Å². The molecule has 0 aliphatic heterocycles. The van der Waals surface area contributed by atoms with E-state index < -0.39 is 6.04 Å². The Bertz CT molecular complexity index is 333. The fourth-order valence-corrected chi connectivity index (χ4v) is 2.34. The third-order valence-electron chi connectivity index (χ3n) is 2.54. The minimum atomic E-state index is -0.445. The number of ether oxygens (including phenoxy) is 1. The highest BCUT2D eigenvalue weighted by molar-refractivity contribution is 7.99. The fraction of sp³-hybridized carbons (Fsp3) is 0.733. The van der Waals surface area contributed by atoms with Gasteiger partial charge in [-0.05, 0) is 38.8 Å². The smallest absolute Gasteiger partial charge is 0.320 e. The molecule has 0 aromatic rings. The minimum absolute atomic E-state index is 0.0200. The number of allylic oxidation sites excluding steroid dienone is 1. The summed E-state index contributed by atoms with van der Waals surface area (Å²) in [6, 6.07) is -0.445. The molecule has 0 heterocycles. The molecule has 21 heavy (non-hydrogen) atoms. The van der Waals surface area contributed by atoms with Gasteiger partial charge < -0.3 is 10.5 Å². The Kier molecular flexibility index (Phi) is 12.3. The summed E-state index contributed by atoms with van der Waals surface area (Å²) in [6.07, 6.45) is 6.16. The number of rotatable bonds is 12. The van der Waals surface area contributed by atoms with Crippen molar-refractivity contribution in [3.63, 3.8) is 0 Å². The molecule has 5 nitrogen and oxygen atoms in total. The van der Waals surface area contributed by atoms with E-state index in [0.29, 0.717) is 18.9 Å². The molecule has 122 valence electrons. The Morgan fingerprint density at radius 3 is 2.71 bits per heavy atom. The number of carbonyl (C=O) groups is 2. The van der Waals surface area contributed by atoms with E-state index in [-0.39, 0.29) is 11.8 Å². The predicted octanol–water partition coefficient (Wildman–Crippen LogP) is 1.47. The van der Waals surface area contributed by atoms with Gasteiger partial charge in [0.25, 0.3) is 0 Å². The first-order valence-electron chi connectivity index (χ1n) is 7.31. The van der Waals surface area contributed by atoms with Crippen molar-refractivity contribution in [1.29, 1.82) is 0 Å². The third-order valence-corrected chi connectivity index (χ3v) is 3.71. The summed E-state index contributed by atoms with van der Waals surface area (Å²) in [4.78, 5) is 24.7. The molecule has 0 aliphatic rings. The Balaban J connectivity index is 3.58. The molecule has 1 atom stereocenters. The number of esters is 1. The number of hydrogen-bond acceptors (Lipinski definition) is 6. The van der Waals surface area contributed by atoms with Crippen molar-refractivity contribution in [2.75, 3.05) is 38.8 Å². The minimum Gasteiger partial charge on any atom is -0.465 e. The zero-order valence-corrected chi connectivity index (χ0v) is 14.2. The highest BCUT2D eigenvalue weighted by Crippen LogP contribution is 2.05. The number of thioether (sulfide) groups is 1. The van der Waals surface area contributed by atoms with Gasteiger partial charge in [-0.2, -0.15) is 11.8 Å². The zero-order chi connectivity index (χ0) is 16.1. The topological polar surface area (TPSA) is 72.6 Å². The summed E-state index contributed by atoms with van der Waals surface area (Å²) in [6.45, 7) is 2.78. The molecule has 0 rings (SSSR count). The summed E-state index contributed by atoms with van der Waals surface area (Å²) in [5, 5.41) is 0. The highest BCUT2D eigenvalue weighted by Gasteiger charge is 2.10. The number of ketones is 1. The molecule has 0 aromatic carbocycles. The van der Waals surface area contributed by atoms with Crippen molar-refractivity contribution in [2.45, 2.75) is 32.2 Å². The Morgan fingerprint density at radius 1 is 1.38 bits per heavy atom. The summed E-state index contributed by atoms with van der Waals surface area (Å²) in [5.74, 6) is 1.20. The lowest BCUT2D eigenvalue weighted by atomic mass is 10.2. The first kappa shape index (κ1) is 20.1. The van der Waals surface area contributed by atoms with Crippen LogP contribution in [0.2, 0.25) is 0 Å². The second-order valence-electron chi connectivity index (χ2n) is 5.09. The van der Waals surface area contributed by atoms with Gasteiger partial charge in [-0.25, -0.2) is 0 Å². The largest absolute Gasteiger partial charge is 0.465 e. The molecule has 0 radical (unpaired) electrons. The lowest BCUT2D eigenvalue weighted by molar-refractivity contribution is -0.144. The summed E-state index contributed by atoms with van der Waals surface area (Å²) >= 11 is 1.61. The van der Waals surface area contributed by atoms with Crippen molar-refractivity contribution in [1.82, 2.24) is 4.90 Å². The Morgan fingerprint density at radius 2 is 2.10 bits per heavy atom. The molecule has 0 fully saturated rings. The van der Waals surface area contributed by atoms with Crippen LogP contribution in [0.25, 0.3) is 0 Å². The van der Waals surface area contributed by atoms with E-state index in [4.69, 9.17) is 10.5 Å². The summed E-state index contributed by atoms with van der Waals surface area (Å²) < 4.78 is 5.07. The molecule has 1 unspecified atom stereocenters. The van der Waals surface area contributed by atoms with Gasteiger partial charge in [-0.3, -0.25) is 14.5 Å². The molecule has 2 N–H and O–H groups in total. The average Bonchev–Trinajstić information content (AvgIpc) is 2.41. The third kappa shape index (κ3) is 12.6. The lowest BCUT2D eigenvalue weighted by Gasteiger charge is -2.10. The maximum Gasteiger partial charge on any atom is 0.320 e. The van der Waals surface area contributed by atoms with Crippen LogP contribution < -0.4 is 5.73 Å². The molecule has 0 saturated carbocycles. The van der Waals surface area contributed by atoms with Crippen LogP contribution in [0.3, 0.4) is 0 Å².